The van der Waals surface area contributed by atoms with Crippen molar-refractivity contribution in [3.05, 3.63) is 70.8 Å². The van der Waals surface area contributed by atoms with Crippen molar-refractivity contribution in [3.63, 3.8) is 0 Å². The first kappa shape index (κ1) is 25.5. The van der Waals surface area contributed by atoms with Crippen LogP contribution in [0.5, 0.6) is 0 Å². The van der Waals surface area contributed by atoms with E-state index >= 15 is 0 Å². The summed E-state index contributed by atoms with van der Waals surface area (Å²) in [6.45, 7) is 13.5. The fourth-order valence-electron chi connectivity index (χ4n) is 3.52. The fourth-order valence-corrected chi connectivity index (χ4v) is 3.52. The SMILES string of the molecule is CCOC(=O)C(Cc1ccc(C(=O)C(C)(C)C)cc1)Cc1ccc(C(=O)C(C)(C)C)cc1. The molecule has 0 unspecified atom stereocenters. The van der Waals surface area contributed by atoms with Crippen LogP contribution in [-0.4, -0.2) is 24.1 Å². The van der Waals surface area contributed by atoms with Gasteiger partial charge in [0.25, 0.3) is 0 Å². The van der Waals surface area contributed by atoms with Gasteiger partial charge in [0.2, 0.25) is 0 Å². The molecule has 0 bridgehead atoms. The van der Waals surface area contributed by atoms with Gasteiger partial charge in [-0.05, 0) is 30.9 Å². The van der Waals surface area contributed by atoms with Gasteiger partial charge in [0.15, 0.2) is 11.6 Å². The molecule has 4 nitrogen and oxygen atoms in total. The number of carbonyl (C=O) groups excluding carboxylic acids is 3. The van der Waals surface area contributed by atoms with Crippen molar-refractivity contribution in [1.82, 2.24) is 0 Å². The lowest BCUT2D eigenvalue weighted by molar-refractivity contribution is -0.147. The molecule has 172 valence electrons. The lowest BCUT2D eigenvalue weighted by Crippen LogP contribution is -2.23. The van der Waals surface area contributed by atoms with Crippen LogP contribution in [-0.2, 0) is 22.4 Å². The Bertz CT molecular complexity index is 867. The molecular formula is C28H36O4. The van der Waals surface area contributed by atoms with Crippen molar-refractivity contribution < 1.29 is 19.1 Å². The topological polar surface area (TPSA) is 60.4 Å². The van der Waals surface area contributed by atoms with E-state index in [2.05, 4.69) is 0 Å². The van der Waals surface area contributed by atoms with Crippen LogP contribution in [0.15, 0.2) is 48.5 Å². The van der Waals surface area contributed by atoms with Crippen LogP contribution in [0.4, 0.5) is 0 Å². The Balaban J connectivity index is 2.18. The molecule has 0 N–H and O–H groups in total. The Morgan fingerprint density at radius 3 is 1.31 bits per heavy atom. The van der Waals surface area contributed by atoms with Crippen molar-refractivity contribution in [2.24, 2.45) is 16.7 Å². The summed E-state index contributed by atoms with van der Waals surface area (Å²) in [5.41, 5.74) is 2.44. The second kappa shape index (κ2) is 10.2. The van der Waals surface area contributed by atoms with Gasteiger partial charge in [-0.25, -0.2) is 0 Å². The third kappa shape index (κ3) is 6.88. The number of ether oxygens (including phenoxy) is 1. The van der Waals surface area contributed by atoms with Crippen LogP contribution >= 0.6 is 0 Å². The number of esters is 1. The summed E-state index contributed by atoms with van der Waals surface area (Å²) in [7, 11) is 0. The Kier molecular flexibility index (Phi) is 8.17. The monoisotopic (exact) mass is 436 g/mol. The molecule has 32 heavy (non-hydrogen) atoms. The Labute approximate surface area is 192 Å². The number of ketones is 2. The minimum absolute atomic E-state index is 0.0934. The van der Waals surface area contributed by atoms with E-state index in [1.165, 1.54) is 0 Å². The first-order chi connectivity index (χ1) is 14.8. The first-order valence-corrected chi connectivity index (χ1v) is 11.3. The first-order valence-electron chi connectivity index (χ1n) is 11.3. The lowest BCUT2D eigenvalue weighted by Gasteiger charge is -2.19. The molecule has 0 aliphatic carbocycles. The van der Waals surface area contributed by atoms with E-state index in [-0.39, 0.29) is 23.5 Å². The van der Waals surface area contributed by atoms with Crippen LogP contribution in [0.3, 0.4) is 0 Å². The molecule has 0 aliphatic heterocycles. The summed E-state index contributed by atoms with van der Waals surface area (Å²) in [6.07, 6.45) is 1.04. The van der Waals surface area contributed by atoms with Crippen molar-refractivity contribution in [1.29, 1.82) is 0 Å². The van der Waals surface area contributed by atoms with Crippen molar-refractivity contribution in [2.45, 2.75) is 61.3 Å². The van der Waals surface area contributed by atoms with Crippen LogP contribution < -0.4 is 0 Å². The van der Waals surface area contributed by atoms with Gasteiger partial charge in [-0.3, -0.25) is 14.4 Å². The number of Topliss-reactive ketones (excluding diaryl/α,β-unsaturated/α-hetero) is 2. The number of benzene rings is 2. The quantitative estimate of drug-likeness (QED) is 0.370. The number of hydrogen-bond acceptors (Lipinski definition) is 4. The maximum absolute atomic E-state index is 12.6. The summed E-state index contributed by atoms with van der Waals surface area (Å²) in [5, 5.41) is 0. The molecule has 0 saturated heterocycles. The minimum atomic E-state index is -0.435. The molecule has 0 heterocycles. The second-order valence-corrected chi connectivity index (χ2v) is 10.4. The molecule has 0 aromatic heterocycles. The average molecular weight is 437 g/mol. The van der Waals surface area contributed by atoms with E-state index in [4.69, 9.17) is 4.74 Å². The second-order valence-electron chi connectivity index (χ2n) is 10.4. The molecule has 2 aromatic carbocycles. The lowest BCUT2D eigenvalue weighted by atomic mass is 9.85. The smallest absolute Gasteiger partial charge is 0.309 e. The molecule has 0 aliphatic rings. The molecule has 2 rings (SSSR count). The maximum Gasteiger partial charge on any atom is 0.309 e. The molecule has 0 atom stereocenters. The Morgan fingerprint density at radius 1 is 0.688 bits per heavy atom. The van der Waals surface area contributed by atoms with Crippen LogP contribution in [0.1, 0.15) is 80.3 Å². The average Bonchev–Trinajstić information content (AvgIpc) is 2.72. The highest BCUT2D eigenvalue weighted by Gasteiger charge is 2.25. The van der Waals surface area contributed by atoms with Gasteiger partial charge in [-0.1, -0.05) is 90.1 Å². The van der Waals surface area contributed by atoms with E-state index in [9.17, 15) is 14.4 Å². The van der Waals surface area contributed by atoms with E-state index in [1.54, 1.807) is 6.92 Å². The van der Waals surface area contributed by atoms with Gasteiger partial charge >= 0.3 is 5.97 Å². The number of hydrogen-bond donors (Lipinski definition) is 0. The van der Waals surface area contributed by atoms with Gasteiger partial charge in [0.05, 0.1) is 12.5 Å². The van der Waals surface area contributed by atoms with Gasteiger partial charge in [0.1, 0.15) is 0 Å². The summed E-state index contributed by atoms with van der Waals surface area (Å²) >= 11 is 0. The molecule has 4 heteroatoms. The predicted octanol–water partition coefficient (Wildman–Crippen LogP) is 6.11. The zero-order valence-electron chi connectivity index (χ0n) is 20.5. The molecule has 0 fully saturated rings. The third-order valence-electron chi connectivity index (χ3n) is 5.38. The zero-order chi connectivity index (χ0) is 24.1. The van der Waals surface area contributed by atoms with E-state index in [0.29, 0.717) is 30.6 Å². The molecule has 2 aromatic rings. The Morgan fingerprint density at radius 2 is 1.03 bits per heavy atom. The molecule has 0 radical (unpaired) electrons. The highest BCUT2D eigenvalue weighted by atomic mass is 16.5. The van der Waals surface area contributed by atoms with Crippen molar-refractivity contribution in [3.8, 4) is 0 Å². The minimum Gasteiger partial charge on any atom is -0.466 e. The molecule has 0 saturated carbocycles. The molecular weight excluding hydrogens is 400 g/mol. The Hall–Kier alpha value is -2.75. The van der Waals surface area contributed by atoms with Crippen LogP contribution in [0, 0.1) is 16.7 Å². The van der Waals surface area contributed by atoms with Gasteiger partial charge in [-0.15, -0.1) is 0 Å². The highest BCUT2D eigenvalue weighted by Crippen LogP contribution is 2.24. The molecule has 0 spiro atoms. The summed E-state index contributed by atoms with van der Waals surface area (Å²) in [5.74, 6) is -0.396. The third-order valence-corrected chi connectivity index (χ3v) is 5.38. The molecule has 0 amide bonds. The highest BCUT2D eigenvalue weighted by molar-refractivity contribution is 6.00. The number of rotatable bonds is 8. The van der Waals surface area contributed by atoms with Crippen molar-refractivity contribution in [2.75, 3.05) is 6.61 Å². The summed E-state index contributed by atoms with van der Waals surface area (Å²) < 4.78 is 5.31. The fraction of sp³-hybridized carbons (Fsp3) is 0.464. The van der Waals surface area contributed by atoms with E-state index in [0.717, 1.165) is 11.1 Å². The van der Waals surface area contributed by atoms with Crippen LogP contribution in [0.2, 0.25) is 0 Å². The van der Waals surface area contributed by atoms with Gasteiger partial charge in [-0.2, -0.15) is 0 Å². The van der Waals surface area contributed by atoms with Crippen molar-refractivity contribution >= 4 is 17.5 Å². The van der Waals surface area contributed by atoms with Gasteiger partial charge in [0, 0.05) is 22.0 Å². The number of carbonyl (C=O) groups is 3. The van der Waals surface area contributed by atoms with E-state index in [1.807, 2.05) is 90.1 Å². The maximum atomic E-state index is 12.6. The normalized spacial score (nSPS) is 12.0. The van der Waals surface area contributed by atoms with Crippen LogP contribution in [0.25, 0.3) is 0 Å². The van der Waals surface area contributed by atoms with E-state index < -0.39 is 10.8 Å². The summed E-state index contributed by atoms with van der Waals surface area (Å²) in [6, 6.07) is 15.0. The predicted molar refractivity (Wildman–Crippen MR) is 128 cm³/mol. The largest absolute Gasteiger partial charge is 0.466 e. The van der Waals surface area contributed by atoms with Gasteiger partial charge < -0.3 is 4.74 Å². The summed E-state index contributed by atoms with van der Waals surface area (Å²) in [4.78, 5) is 37.6. The standard InChI is InChI=1S/C28H36O4/c1-8-32-26(31)23(17-19-9-13-21(14-10-19)24(29)27(2,3)4)18-20-11-15-22(16-12-20)25(30)28(5,6)7/h9-16,23H,8,17-18H2,1-7H3. The zero-order valence-corrected chi connectivity index (χ0v) is 20.5.